The molecule has 5 aromatic rings. The van der Waals surface area contributed by atoms with Gasteiger partial charge in [-0.3, -0.25) is 9.36 Å². The van der Waals surface area contributed by atoms with Crippen LogP contribution >= 0.6 is 0 Å². The van der Waals surface area contributed by atoms with Crippen molar-refractivity contribution in [3.63, 3.8) is 0 Å². The summed E-state index contributed by atoms with van der Waals surface area (Å²) in [4.78, 5) is 29.2. The molecule has 0 bridgehead atoms. The number of imidazole rings is 1. The number of nitrogens with zero attached hydrogens (tertiary/aromatic N) is 4. The first-order valence-corrected chi connectivity index (χ1v) is 9.85. The molecule has 1 atom stereocenters. The maximum atomic E-state index is 14.8. The summed E-state index contributed by atoms with van der Waals surface area (Å²) in [5.74, 6) is 0.0795. The third-order valence-corrected chi connectivity index (χ3v) is 5.40. The third-order valence-electron chi connectivity index (χ3n) is 5.40. The number of aromatic nitrogens is 5. The van der Waals surface area contributed by atoms with Crippen LogP contribution in [0, 0.1) is 12.7 Å². The van der Waals surface area contributed by atoms with Gasteiger partial charge in [0.05, 0.1) is 23.4 Å². The Morgan fingerprint density at radius 2 is 1.94 bits per heavy atom. The Morgan fingerprint density at radius 1 is 1.10 bits per heavy atom. The molecule has 0 spiro atoms. The second kappa shape index (κ2) is 7.32. The SMILES string of the molecule is Cc1cccc2cc([C@H](C)Nc3ncnc4nc[nH]c34)n(-c3ccccc3F)c(=O)c12. The number of para-hydroxylation sites is 1. The Hall–Kier alpha value is -4.07. The standard InChI is InChI=1S/C23H19FN6O/c1-13-6-5-7-15-10-18(14(2)29-22-20-21(26-11-25-20)27-12-28-22)30(23(31)19(13)15)17-9-4-3-8-16(17)24/h3-12,14H,1-2H3,(H2,25,26,27,28,29)/t14-/m0/s1. The fourth-order valence-electron chi connectivity index (χ4n) is 3.91. The van der Waals surface area contributed by atoms with Gasteiger partial charge in [0.25, 0.3) is 5.56 Å². The van der Waals surface area contributed by atoms with E-state index in [4.69, 9.17) is 0 Å². The van der Waals surface area contributed by atoms with Gasteiger partial charge in [-0.15, -0.1) is 0 Å². The number of benzene rings is 2. The van der Waals surface area contributed by atoms with E-state index in [0.29, 0.717) is 28.1 Å². The second-order valence-electron chi connectivity index (χ2n) is 7.39. The number of nitrogens with one attached hydrogen (secondary N) is 2. The highest BCUT2D eigenvalue weighted by Gasteiger charge is 2.20. The molecular formula is C23H19FN6O. The smallest absolute Gasteiger partial charge is 0.263 e. The Morgan fingerprint density at radius 3 is 2.77 bits per heavy atom. The summed E-state index contributed by atoms with van der Waals surface area (Å²) in [5, 5.41) is 4.69. The minimum atomic E-state index is -0.469. The van der Waals surface area contributed by atoms with Crippen molar-refractivity contribution in [2.45, 2.75) is 19.9 Å². The fraction of sp³-hybridized carbons (Fsp3) is 0.130. The number of rotatable bonds is 4. The van der Waals surface area contributed by atoms with Crippen LogP contribution in [0.1, 0.15) is 24.2 Å². The zero-order valence-corrected chi connectivity index (χ0v) is 16.9. The summed E-state index contributed by atoms with van der Waals surface area (Å²) in [6, 6.07) is 13.5. The Kier molecular flexibility index (Phi) is 4.47. The molecule has 0 aliphatic rings. The van der Waals surface area contributed by atoms with Crippen molar-refractivity contribution in [2.75, 3.05) is 5.32 Å². The predicted octanol–water partition coefficient (Wildman–Crippen LogP) is 4.28. The summed E-state index contributed by atoms with van der Waals surface area (Å²) < 4.78 is 16.2. The number of anilines is 1. The van der Waals surface area contributed by atoms with Crippen molar-refractivity contribution in [3.8, 4) is 5.69 Å². The highest BCUT2D eigenvalue weighted by atomic mass is 19.1. The minimum Gasteiger partial charge on any atom is -0.360 e. The van der Waals surface area contributed by atoms with E-state index in [1.165, 1.54) is 17.0 Å². The minimum absolute atomic E-state index is 0.204. The van der Waals surface area contributed by atoms with E-state index in [1.807, 2.05) is 38.1 Å². The average molecular weight is 414 g/mol. The monoisotopic (exact) mass is 414 g/mol. The zero-order chi connectivity index (χ0) is 21.5. The molecule has 0 aliphatic carbocycles. The molecule has 0 fully saturated rings. The van der Waals surface area contributed by atoms with Crippen LogP contribution in [-0.2, 0) is 0 Å². The van der Waals surface area contributed by atoms with E-state index < -0.39 is 5.82 Å². The zero-order valence-electron chi connectivity index (χ0n) is 16.9. The second-order valence-corrected chi connectivity index (χ2v) is 7.39. The summed E-state index contributed by atoms with van der Waals surface area (Å²) in [6.45, 7) is 3.78. The molecule has 0 amide bonds. The van der Waals surface area contributed by atoms with Crippen LogP contribution in [0.5, 0.6) is 0 Å². The summed E-state index contributed by atoms with van der Waals surface area (Å²) in [7, 11) is 0. The van der Waals surface area contributed by atoms with Crippen molar-refractivity contribution in [1.29, 1.82) is 0 Å². The molecule has 5 rings (SSSR count). The van der Waals surface area contributed by atoms with Crippen molar-refractivity contribution >= 4 is 27.8 Å². The molecule has 2 N–H and O–H groups in total. The number of pyridine rings is 1. The lowest BCUT2D eigenvalue weighted by atomic mass is 10.0. The molecule has 0 saturated carbocycles. The van der Waals surface area contributed by atoms with Crippen molar-refractivity contribution < 1.29 is 4.39 Å². The molecule has 154 valence electrons. The van der Waals surface area contributed by atoms with Crippen LogP contribution in [0.2, 0.25) is 0 Å². The van der Waals surface area contributed by atoms with Gasteiger partial charge in [-0.25, -0.2) is 19.3 Å². The topological polar surface area (TPSA) is 88.5 Å². The molecule has 0 radical (unpaired) electrons. The Balaban J connectivity index is 1.74. The van der Waals surface area contributed by atoms with E-state index in [9.17, 15) is 9.18 Å². The molecule has 7 nitrogen and oxygen atoms in total. The van der Waals surface area contributed by atoms with Crippen LogP contribution in [0.3, 0.4) is 0 Å². The molecule has 3 aromatic heterocycles. The third kappa shape index (κ3) is 3.13. The predicted molar refractivity (Wildman–Crippen MR) is 118 cm³/mol. The Bertz CT molecular complexity index is 1490. The summed E-state index contributed by atoms with van der Waals surface area (Å²) in [5.41, 5.74) is 2.58. The number of halogens is 1. The lowest BCUT2D eigenvalue weighted by molar-refractivity contribution is 0.611. The summed E-state index contributed by atoms with van der Waals surface area (Å²) >= 11 is 0. The van der Waals surface area contributed by atoms with Gasteiger partial charge in [-0.1, -0.05) is 30.3 Å². The van der Waals surface area contributed by atoms with E-state index in [0.717, 1.165) is 10.9 Å². The number of aromatic amines is 1. The number of hydrogen-bond acceptors (Lipinski definition) is 5. The molecule has 0 saturated heterocycles. The van der Waals surface area contributed by atoms with Gasteiger partial charge in [-0.05, 0) is 43.0 Å². The van der Waals surface area contributed by atoms with Gasteiger partial charge in [0.2, 0.25) is 0 Å². The molecule has 2 aromatic carbocycles. The molecule has 8 heteroatoms. The quantitative estimate of drug-likeness (QED) is 0.458. The summed E-state index contributed by atoms with van der Waals surface area (Å²) in [6.07, 6.45) is 2.97. The van der Waals surface area contributed by atoms with E-state index in [2.05, 4.69) is 25.3 Å². The first-order valence-electron chi connectivity index (χ1n) is 9.85. The van der Waals surface area contributed by atoms with Crippen molar-refractivity contribution in [1.82, 2.24) is 24.5 Å². The van der Waals surface area contributed by atoms with Crippen molar-refractivity contribution in [3.05, 3.63) is 88.6 Å². The normalized spacial score (nSPS) is 12.4. The number of aryl methyl sites for hydroxylation is 1. The average Bonchev–Trinajstić information content (AvgIpc) is 3.24. The molecular weight excluding hydrogens is 395 g/mol. The lowest BCUT2D eigenvalue weighted by Crippen LogP contribution is -2.26. The largest absolute Gasteiger partial charge is 0.360 e. The lowest BCUT2D eigenvalue weighted by Gasteiger charge is -2.22. The van der Waals surface area contributed by atoms with Gasteiger partial charge in [0.15, 0.2) is 11.5 Å². The molecule has 3 heterocycles. The van der Waals surface area contributed by atoms with Crippen LogP contribution < -0.4 is 10.9 Å². The molecule has 0 unspecified atom stereocenters. The number of H-pyrrole nitrogens is 1. The maximum absolute atomic E-state index is 14.8. The first-order chi connectivity index (χ1) is 15.0. The van der Waals surface area contributed by atoms with Gasteiger partial charge >= 0.3 is 0 Å². The first kappa shape index (κ1) is 18.9. The van der Waals surface area contributed by atoms with Crippen LogP contribution in [0.25, 0.3) is 27.6 Å². The molecule has 0 aliphatic heterocycles. The van der Waals surface area contributed by atoms with E-state index >= 15 is 0 Å². The molecule has 31 heavy (non-hydrogen) atoms. The number of fused-ring (bicyclic) bond motifs is 2. The Labute approximate surface area is 176 Å². The maximum Gasteiger partial charge on any atom is 0.263 e. The van der Waals surface area contributed by atoms with Crippen LogP contribution in [-0.4, -0.2) is 24.5 Å². The van der Waals surface area contributed by atoms with Gasteiger partial charge < -0.3 is 10.3 Å². The van der Waals surface area contributed by atoms with E-state index in [1.54, 1.807) is 24.5 Å². The number of hydrogen-bond donors (Lipinski definition) is 2. The van der Waals surface area contributed by atoms with Crippen LogP contribution in [0.15, 0.2) is 66.0 Å². The van der Waals surface area contributed by atoms with Gasteiger partial charge in [0.1, 0.15) is 17.7 Å². The highest BCUT2D eigenvalue weighted by Crippen LogP contribution is 2.27. The highest BCUT2D eigenvalue weighted by molar-refractivity contribution is 5.86. The van der Waals surface area contributed by atoms with E-state index in [-0.39, 0.29) is 17.3 Å². The fourth-order valence-corrected chi connectivity index (χ4v) is 3.91. The van der Waals surface area contributed by atoms with Crippen LogP contribution in [0.4, 0.5) is 10.2 Å². The van der Waals surface area contributed by atoms with Crippen molar-refractivity contribution in [2.24, 2.45) is 0 Å². The van der Waals surface area contributed by atoms with Gasteiger partial charge in [-0.2, -0.15) is 0 Å². The van der Waals surface area contributed by atoms with Gasteiger partial charge in [0, 0.05) is 5.69 Å².